The number of aromatic nitrogens is 3. The Morgan fingerprint density at radius 1 is 1.16 bits per heavy atom. The molecule has 0 saturated carbocycles. The Hall–Kier alpha value is -2.90. The summed E-state index contributed by atoms with van der Waals surface area (Å²) < 4.78 is 5.90. The molecule has 1 atom stereocenters. The fourth-order valence-corrected chi connectivity index (χ4v) is 2.84. The van der Waals surface area contributed by atoms with Gasteiger partial charge in [0.25, 0.3) is 5.91 Å². The van der Waals surface area contributed by atoms with Crippen LogP contribution in [0.4, 0.5) is 0 Å². The standard InChI is InChI=1S/C17H21N5O3/c1-12(17(24)22-9-7-21(8-10-22)13(2)23)25-15-6-4-3-5-14(15)16-18-11-19-20-16/h3-6,11-12H,7-10H2,1-2H3,(H,18,19,20). The Balaban J connectivity index is 1.66. The first-order valence-corrected chi connectivity index (χ1v) is 8.22. The Morgan fingerprint density at radius 2 is 1.84 bits per heavy atom. The Kier molecular flexibility index (Phi) is 4.97. The van der Waals surface area contributed by atoms with Crippen molar-refractivity contribution in [3.05, 3.63) is 30.6 Å². The summed E-state index contributed by atoms with van der Waals surface area (Å²) in [4.78, 5) is 31.6. The van der Waals surface area contributed by atoms with Crippen LogP contribution in [0.2, 0.25) is 0 Å². The van der Waals surface area contributed by atoms with Gasteiger partial charge in [0.15, 0.2) is 11.9 Å². The van der Waals surface area contributed by atoms with Gasteiger partial charge in [-0.2, -0.15) is 5.10 Å². The molecule has 25 heavy (non-hydrogen) atoms. The first kappa shape index (κ1) is 16.9. The number of carbonyl (C=O) groups is 2. The van der Waals surface area contributed by atoms with E-state index in [-0.39, 0.29) is 11.8 Å². The van der Waals surface area contributed by atoms with Crippen LogP contribution in [0.3, 0.4) is 0 Å². The van der Waals surface area contributed by atoms with Crippen molar-refractivity contribution in [1.29, 1.82) is 0 Å². The number of nitrogens with zero attached hydrogens (tertiary/aromatic N) is 4. The van der Waals surface area contributed by atoms with E-state index >= 15 is 0 Å². The number of rotatable bonds is 4. The number of benzene rings is 1. The second-order valence-corrected chi connectivity index (χ2v) is 5.92. The molecule has 1 saturated heterocycles. The molecule has 1 aliphatic heterocycles. The Labute approximate surface area is 145 Å². The van der Waals surface area contributed by atoms with Crippen LogP contribution in [-0.2, 0) is 9.59 Å². The molecule has 8 nitrogen and oxygen atoms in total. The van der Waals surface area contributed by atoms with Crippen LogP contribution in [0.5, 0.6) is 5.75 Å². The quantitative estimate of drug-likeness (QED) is 0.892. The lowest BCUT2D eigenvalue weighted by atomic mass is 10.2. The van der Waals surface area contributed by atoms with E-state index in [9.17, 15) is 9.59 Å². The molecule has 0 radical (unpaired) electrons. The lowest BCUT2D eigenvalue weighted by Crippen LogP contribution is -2.52. The van der Waals surface area contributed by atoms with Crippen LogP contribution in [-0.4, -0.2) is 69.1 Å². The van der Waals surface area contributed by atoms with Crippen LogP contribution in [0.15, 0.2) is 30.6 Å². The molecular weight excluding hydrogens is 322 g/mol. The molecule has 0 spiro atoms. The smallest absolute Gasteiger partial charge is 0.263 e. The average molecular weight is 343 g/mol. The van der Waals surface area contributed by atoms with Gasteiger partial charge in [-0.05, 0) is 19.1 Å². The van der Waals surface area contributed by atoms with Gasteiger partial charge in [0.2, 0.25) is 5.91 Å². The SMILES string of the molecule is CC(=O)N1CCN(C(=O)C(C)Oc2ccccc2-c2ncn[nH]2)CC1. The molecule has 0 aliphatic carbocycles. The van der Waals surface area contributed by atoms with Crippen LogP contribution >= 0.6 is 0 Å². The van der Waals surface area contributed by atoms with Gasteiger partial charge in [0.1, 0.15) is 12.1 Å². The summed E-state index contributed by atoms with van der Waals surface area (Å²) in [5, 5.41) is 6.65. The van der Waals surface area contributed by atoms with Crippen molar-refractivity contribution in [2.45, 2.75) is 20.0 Å². The summed E-state index contributed by atoms with van der Waals surface area (Å²) in [7, 11) is 0. The number of ether oxygens (including phenoxy) is 1. The van der Waals surface area contributed by atoms with E-state index in [4.69, 9.17) is 4.74 Å². The van der Waals surface area contributed by atoms with Gasteiger partial charge in [-0.1, -0.05) is 12.1 Å². The molecule has 1 fully saturated rings. The predicted octanol–water partition coefficient (Wildman–Crippen LogP) is 0.930. The Morgan fingerprint density at radius 3 is 2.48 bits per heavy atom. The van der Waals surface area contributed by atoms with E-state index in [1.165, 1.54) is 6.33 Å². The van der Waals surface area contributed by atoms with E-state index in [0.29, 0.717) is 37.8 Å². The second-order valence-electron chi connectivity index (χ2n) is 5.92. The monoisotopic (exact) mass is 343 g/mol. The highest BCUT2D eigenvalue weighted by molar-refractivity contribution is 5.82. The van der Waals surface area contributed by atoms with Crippen molar-refractivity contribution >= 4 is 11.8 Å². The van der Waals surface area contributed by atoms with Crippen LogP contribution in [0.25, 0.3) is 11.4 Å². The molecule has 8 heteroatoms. The number of carbonyl (C=O) groups excluding carboxylic acids is 2. The summed E-state index contributed by atoms with van der Waals surface area (Å²) in [6.45, 7) is 5.44. The summed E-state index contributed by atoms with van der Waals surface area (Å²) in [6.07, 6.45) is 0.794. The molecule has 1 aromatic carbocycles. The van der Waals surface area contributed by atoms with Gasteiger partial charge in [-0.25, -0.2) is 4.98 Å². The molecule has 2 amide bonds. The molecule has 132 valence electrons. The van der Waals surface area contributed by atoms with Crippen LogP contribution < -0.4 is 4.74 Å². The molecular formula is C17H21N5O3. The highest BCUT2D eigenvalue weighted by Crippen LogP contribution is 2.27. The second kappa shape index (κ2) is 7.33. The van der Waals surface area contributed by atoms with Gasteiger partial charge in [0, 0.05) is 33.1 Å². The van der Waals surface area contributed by atoms with Crippen molar-refractivity contribution in [3.63, 3.8) is 0 Å². The first-order valence-electron chi connectivity index (χ1n) is 8.22. The molecule has 0 bridgehead atoms. The zero-order chi connectivity index (χ0) is 17.8. The third kappa shape index (κ3) is 3.78. The third-order valence-electron chi connectivity index (χ3n) is 4.25. The van der Waals surface area contributed by atoms with Crippen molar-refractivity contribution in [2.75, 3.05) is 26.2 Å². The zero-order valence-corrected chi connectivity index (χ0v) is 14.3. The van der Waals surface area contributed by atoms with Crippen molar-refractivity contribution in [1.82, 2.24) is 25.0 Å². The molecule has 3 rings (SSSR count). The van der Waals surface area contributed by atoms with Crippen LogP contribution in [0, 0.1) is 0 Å². The maximum Gasteiger partial charge on any atom is 0.263 e. The van der Waals surface area contributed by atoms with Gasteiger partial charge < -0.3 is 14.5 Å². The molecule has 1 aliphatic rings. The first-order chi connectivity index (χ1) is 12.1. The topological polar surface area (TPSA) is 91.4 Å². The number of nitrogens with one attached hydrogen (secondary N) is 1. The minimum Gasteiger partial charge on any atom is -0.480 e. The molecule has 1 aromatic heterocycles. The molecule has 2 heterocycles. The van der Waals surface area contributed by atoms with Gasteiger partial charge >= 0.3 is 0 Å². The maximum atomic E-state index is 12.6. The normalized spacial score (nSPS) is 15.8. The molecule has 2 aromatic rings. The predicted molar refractivity (Wildman–Crippen MR) is 90.7 cm³/mol. The van der Waals surface area contributed by atoms with Crippen molar-refractivity contribution in [2.24, 2.45) is 0 Å². The number of piperazine rings is 1. The fraction of sp³-hybridized carbons (Fsp3) is 0.412. The lowest BCUT2D eigenvalue weighted by molar-refractivity contribution is -0.143. The van der Waals surface area contributed by atoms with Crippen LogP contribution in [0.1, 0.15) is 13.8 Å². The fourth-order valence-electron chi connectivity index (χ4n) is 2.84. The summed E-state index contributed by atoms with van der Waals surface area (Å²) in [5.74, 6) is 1.11. The number of para-hydroxylation sites is 1. The number of amides is 2. The average Bonchev–Trinajstić information content (AvgIpc) is 3.16. The Bertz CT molecular complexity index is 739. The number of aromatic amines is 1. The molecule has 1 N–H and O–H groups in total. The zero-order valence-electron chi connectivity index (χ0n) is 14.3. The highest BCUT2D eigenvalue weighted by atomic mass is 16.5. The number of H-pyrrole nitrogens is 1. The van der Waals surface area contributed by atoms with E-state index in [1.54, 1.807) is 29.7 Å². The van der Waals surface area contributed by atoms with Gasteiger partial charge in [-0.15, -0.1) is 0 Å². The largest absolute Gasteiger partial charge is 0.480 e. The molecule has 1 unspecified atom stereocenters. The van der Waals surface area contributed by atoms with E-state index in [1.807, 2.05) is 18.2 Å². The van der Waals surface area contributed by atoms with E-state index in [2.05, 4.69) is 15.2 Å². The highest BCUT2D eigenvalue weighted by Gasteiger charge is 2.27. The minimum atomic E-state index is -0.632. The number of hydrogen-bond donors (Lipinski definition) is 1. The summed E-state index contributed by atoms with van der Waals surface area (Å²) >= 11 is 0. The van der Waals surface area contributed by atoms with Gasteiger partial charge in [-0.3, -0.25) is 14.7 Å². The lowest BCUT2D eigenvalue weighted by Gasteiger charge is -2.35. The van der Waals surface area contributed by atoms with Crippen molar-refractivity contribution in [3.8, 4) is 17.1 Å². The summed E-state index contributed by atoms with van der Waals surface area (Å²) in [5.41, 5.74) is 0.751. The third-order valence-corrected chi connectivity index (χ3v) is 4.25. The minimum absolute atomic E-state index is 0.0392. The van der Waals surface area contributed by atoms with Gasteiger partial charge in [0.05, 0.1) is 5.56 Å². The van der Waals surface area contributed by atoms with Crippen molar-refractivity contribution < 1.29 is 14.3 Å². The van der Waals surface area contributed by atoms with E-state index < -0.39 is 6.10 Å². The van der Waals surface area contributed by atoms with E-state index in [0.717, 1.165) is 5.56 Å². The maximum absolute atomic E-state index is 12.6. The number of hydrogen-bond acceptors (Lipinski definition) is 5. The summed E-state index contributed by atoms with van der Waals surface area (Å²) in [6, 6.07) is 7.38.